The van der Waals surface area contributed by atoms with Gasteiger partial charge in [-0.2, -0.15) is 17.7 Å². The summed E-state index contributed by atoms with van der Waals surface area (Å²) in [5.41, 5.74) is -0.00559. The second kappa shape index (κ2) is 14.3. The molecule has 0 atom stereocenters. The summed E-state index contributed by atoms with van der Waals surface area (Å²) >= 11 is 0. The minimum atomic E-state index is -4.68. The summed E-state index contributed by atoms with van der Waals surface area (Å²) in [6.45, 7) is 11.7. The summed E-state index contributed by atoms with van der Waals surface area (Å²) in [6, 6.07) is 6.52. The number of pyridine rings is 1. The first-order valence-electron chi connectivity index (χ1n) is 17.0. The van der Waals surface area contributed by atoms with E-state index in [0.29, 0.717) is 41.7 Å². The Hall–Kier alpha value is -4.21. The van der Waals surface area contributed by atoms with Crippen LogP contribution in [0.4, 0.5) is 23.8 Å². The van der Waals surface area contributed by atoms with E-state index < -0.39 is 17.6 Å². The van der Waals surface area contributed by atoms with E-state index in [1.54, 1.807) is 12.3 Å². The highest BCUT2D eigenvalue weighted by molar-refractivity contribution is 5.94. The van der Waals surface area contributed by atoms with Crippen LogP contribution in [0, 0.1) is 5.92 Å². The first-order chi connectivity index (χ1) is 23.3. The zero-order valence-corrected chi connectivity index (χ0v) is 28.2. The van der Waals surface area contributed by atoms with E-state index >= 15 is 0 Å². The standard InChI is InChI=1S/C33H44F3N9O4/c1-32(2,3)49-31(47)44-14-12-22(13-15-44)21-42-16-18-43(19-17-42)26-9-4-23(20-37-26)29(46)38-24-5-7-25(8-6-24)48-28-11-10-27-39-40-30(33(34,35)36)45(27)41-28/h4,9-11,20,22,24-25H,5-8,12-19,21H2,1-3H3,(H,38,46)/t24-,25-. The Morgan fingerprint density at radius 3 is 2.24 bits per heavy atom. The minimum Gasteiger partial charge on any atom is -0.473 e. The molecule has 2 amide bonds. The van der Waals surface area contributed by atoms with Crippen LogP contribution in [0.1, 0.15) is 75.5 Å². The van der Waals surface area contributed by atoms with Gasteiger partial charge in [0.25, 0.3) is 11.7 Å². The number of amides is 2. The van der Waals surface area contributed by atoms with Crippen molar-refractivity contribution in [2.75, 3.05) is 50.7 Å². The lowest BCUT2D eigenvalue weighted by Crippen LogP contribution is -2.49. The monoisotopic (exact) mass is 687 g/mol. The first kappa shape index (κ1) is 34.6. The van der Waals surface area contributed by atoms with E-state index in [1.807, 2.05) is 31.7 Å². The third-order valence-corrected chi connectivity index (χ3v) is 9.28. The molecule has 0 spiro atoms. The predicted molar refractivity (Wildman–Crippen MR) is 173 cm³/mol. The molecule has 0 aromatic carbocycles. The number of nitrogens with zero attached hydrogens (tertiary/aromatic N) is 8. The smallest absolute Gasteiger partial charge is 0.453 e. The van der Waals surface area contributed by atoms with E-state index in [2.05, 4.69) is 35.4 Å². The van der Waals surface area contributed by atoms with Gasteiger partial charge in [-0.3, -0.25) is 9.69 Å². The number of carbonyl (C=O) groups is 2. The SMILES string of the molecule is CC(C)(C)OC(=O)N1CCC(CN2CCN(c3ccc(C(=O)N[C@H]4CC[C@H](Oc5ccc6nnc(C(F)(F)F)n6n5)CC4)cn3)CC2)CC1. The van der Waals surface area contributed by atoms with Crippen LogP contribution in [-0.4, -0.2) is 110 Å². The lowest BCUT2D eigenvalue weighted by molar-refractivity contribution is -0.146. The van der Waals surface area contributed by atoms with Gasteiger partial charge in [0.05, 0.1) is 5.56 Å². The number of fused-ring (bicyclic) bond motifs is 1. The van der Waals surface area contributed by atoms with Crippen molar-refractivity contribution in [3.05, 3.63) is 41.9 Å². The number of halogens is 3. The number of rotatable bonds is 7. The van der Waals surface area contributed by atoms with Crippen molar-refractivity contribution in [3.8, 4) is 5.88 Å². The summed E-state index contributed by atoms with van der Waals surface area (Å²) in [5.74, 6) is 0.0819. The van der Waals surface area contributed by atoms with Gasteiger partial charge in [-0.1, -0.05) is 0 Å². The number of ether oxygens (including phenoxy) is 2. The van der Waals surface area contributed by atoms with E-state index in [9.17, 15) is 22.8 Å². The van der Waals surface area contributed by atoms with Gasteiger partial charge in [0, 0.05) is 64.1 Å². The van der Waals surface area contributed by atoms with Crippen molar-refractivity contribution < 1.29 is 32.2 Å². The van der Waals surface area contributed by atoms with Crippen LogP contribution in [0.5, 0.6) is 5.88 Å². The lowest BCUT2D eigenvalue weighted by atomic mass is 9.92. The maximum atomic E-state index is 13.2. The topological polar surface area (TPSA) is 130 Å². The fourth-order valence-corrected chi connectivity index (χ4v) is 6.63. The Bertz CT molecular complexity index is 1590. The van der Waals surface area contributed by atoms with E-state index in [-0.39, 0.29) is 35.7 Å². The molecular formula is C33H44F3N9O4. The van der Waals surface area contributed by atoms with Gasteiger partial charge in [-0.25, -0.2) is 9.78 Å². The van der Waals surface area contributed by atoms with Crippen LogP contribution < -0.4 is 15.0 Å². The fraction of sp³-hybridized carbons (Fsp3) is 0.636. The summed E-state index contributed by atoms with van der Waals surface area (Å²) in [4.78, 5) is 36.5. The van der Waals surface area contributed by atoms with Gasteiger partial charge in [0.2, 0.25) is 5.88 Å². The zero-order valence-electron chi connectivity index (χ0n) is 28.2. The molecule has 266 valence electrons. The van der Waals surface area contributed by atoms with E-state index in [4.69, 9.17) is 9.47 Å². The molecule has 0 bridgehead atoms. The number of alkyl halides is 3. The molecule has 3 aromatic rings. The molecule has 49 heavy (non-hydrogen) atoms. The van der Waals surface area contributed by atoms with Crippen LogP contribution in [0.25, 0.3) is 5.65 Å². The zero-order chi connectivity index (χ0) is 34.8. The summed E-state index contributed by atoms with van der Waals surface area (Å²) < 4.78 is 51.6. The van der Waals surface area contributed by atoms with Crippen molar-refractivity contribution in [2.24, 2.45) is 5.92 Å². The molecular weight excluding hydrogens is 643 g/mol. The molecule has 3 aliphatic rings. The Morgan fingerprint density at radius 2 is 1.61 bits per heavy atom. The molecule has 6 rings (SSSR count). The van der Waals surface area contributed by atoms with E-state index in [1.165, 1.54) is 12.1 Å². The van der Waals surface area contributed by atoms with Gasteiger partial charge in [0.1, 0.15) is 17.5 Å². The number of aromatic nitrogens is 5. The van der Waals surface area contributed by atoms with Gasteiger partial charge in [0.15, 0.2) is 5.65 Å². The molecule has 13 nitrogen and oxygen atoms in total. The number of nitrogens with one attached hydrogen (secondary N) is 1. The third kappa shape index (κ3) is 8.88. The number of hydrogen-bond acceptors (Lipinski definition) is 10. The molecule has 3 aromatic heterocycles. The second-order valence-corrected chi connectivity index (χ2v) is 14.1. The molecule has 2 saturated heterocycles. The summed E-state index contributed by atoms with van der Waals surface area (Å²) in [5, 5.41) is 13.7. The Labute approximate surface area is 283 Å². The van der Waals surface area contributed by atoms with Crippen molar-refractivity contribution >= 4 is 23.5 Å². The molecule has 0 unspecified atom stereocenters. The fourth-order valence-electron chi connectivity index (χ4n) is 6.63. The number of piperidine rings is 1. The van der Waals surface area contributed by atoms with Gasteiger partial charge in [-0.15, -0.1) is 15.3 Å². The van der Waals surface area contributed by atoms with Crippen LogP contribution in [-0.2, 0) is 10.9 Å². The number of hydrogen-bond donors (Lipinski definition) is 1. The first-order valence-corrected chi connectivity index (χ1v) is 17.0. The number of likely N-dealkylation sites (tertiary alicyclic amines) is 1. The Kier molecular flexibility index (Phi) is 10.1. The third-order valence-electron chi connectivity index (χ3n) is 9.28. The number of piperazine rings is 1. The maximum absolute atomic E-state index is 13.2. The highest BCUT2D eigenvalue weighted by Gasteiger charge is 2.38. The molecule has 5 heterocycles. The Balaban J connectivity index is 0.903. The van der Waals surface area contributed by atoms with Crippen LogP contribution in [0.3, 0.4) is 0 Å². The van der Waals surface area contributed by atoms with Crippen LogP contribution in [0.15, 0.2) is 30.5 Å². The predicted octanol–water partition coefficient (Wildman–Crippen LogP) is 4.43. The second-order valence-electron chi connectivity index (χ2n) is 14.1. The van der Waals surface area contributed by atoms with E-state index in [0.717, 1.165) is 64.5 Å². The molecule has 3 fully saturated rings. The highest BCUT2D eigenvalue weighted by atomic mass is 19.4. The minimum absolute atomic E-state index is 0.0158. The summed E-state index contributed by atoms with van der Waals surface area (Å²) in [6.07, 6.45) is 1.01. The molecule has 1 aliphatic carbocycles. The average molecular weight is 688 g/mol. The quantitative estimate of drug-likeness (QED) is 0.381. The number of anilines is 1. The lowest BCUT2D eigenvalue weighted by Gasteiger charge is -2.39. The highest BCUT2D eigenvalue weighted by Crippen LogP contribution is 2.29. The molecule has 1 saturated carbocycles. The summed E-state index contributed by atoms with van der Waals surface area (Å²) in [7, 11) is 0. The molecule has 16 heteroatoms. The molecule has 1 N–H and O–H groups in total. The van der Waals surface area contributed by atoms with Crippen molar-refractivity contribution in [3.63, 3.8) is 0 Å². The number of carbonyl (C=O) groups excluding carboxylic acids is 2. The van der Waals surface area contributed by atoms with Crippen LogP contribution in [0.2, 0.25) is 0 Å². The van der Waals surface area contributed by atoms with Gasteiger partial charge >= 0.3 is 12.3 Å². The van der Waals surface area contributed by atoms with Crippen molar-refractivity contribution in [2.45, 2.75) is 83.2 Å². The Morgan fingerprint density at radius 1 is 0.898 bits per heavy atom. The van der Waals surface area contributed by atoms with Crippen molar-refractivity contribution in [1.82, 2.24) is 39.9 Å². The largest absolute Gasteiger partial charge is 0.473 e. The normalized spacial score (nSPS) is 21.5. The van der Waals surface area contributed by atoms with Crippen molar-refractivity contribution in [1.29, 1.82) is 0 Å². The average Bonchev–Trinajstić information content (AvgIpc) is 3.50. The van der Waals surface area contributed by atoms with Crippen LogP contribution >= 0.6 is 0 Å². The van der Waals surface area contributed by atoms with Gasteiger partial charge in [-0.05, 0) is 83.4 Å². The van der Waals surface area contributed by atoms with Gasteiger partial charge < -0.3 is 24.6 Å². The molecule has 0 radical (unpaired) electrons. The maximum Gasteiger partial charge on any atom is 0.453 e. The molecule has 2 aliphatic heterocycles.